The monoisotopic (exact) mass is 247 g/mol. The van der Waals surface area contributed by atoms with E-state index in [-0.39, 0.29) is 11.5 Å². The summed E-state index contributed by atoms with van der Waals surface area (Å²) in [7, 11) is 4.01. The van der Waals surface area contributed by atoms with Crippen molar-refractivity contribution in [3.05, 3.63) is 35.1 Å². The van der Waals surface area contributed by atoms with E-state index in [1.165, 1.54) is 0 Å². The first-order chi connectivity index (χ1) is 8.27. The average molecular weight is 247 g/mol. The topological polar surface area (TPSA) is 27.9 Å². The highest BCUT2D eigenvalue weighted by Gasteiger charge is 2.25. The average Bonchev–Trinajstić information content (AvgIpc) is 2.59. The number of nitrogens with zero attached hydrogens (tertiary/aromatic N) is 3. The van der Waals surface area contributed by atoms with Crippen molar-refractivity contribution in [2.75, 3.05) is 27.2 Å². The van der Waals surface area contributed by atoms with Crippen molar-refractivity contribution >= 4 is 5.78 Å². The first-order valence-electron chi connectivity index (χ1n) is 6.04. The van der Waals surface area contributed by atoms with Crippen LogP contribution in [0.15, 0.2) is 23.7 Å². The highest BCUT2D eigenvalue weighted by molar-refractivity contribution is 6.00. The summed E-state index contributed by atoms with van der Waals surface area (Å²) in [5.41, 5.74) is -0.314. The number of allylic oxidation sites excluding steroid dienone is 3. The summed E-state index contributed by atoms with van der Waals surface area (Å²) in [5, 5.41) is 0. The summed E-state index contributed by atoms with van der Waals surface area (Å²) in [5.74, 6) is 0.926. The summed E-state index contributed by atoms with van der Waals surface area (Å²) in [6.45, 7) is 14.5. The molecule has 0 aromatic heterocycles. The molecular weight excluding hydrogens is 226 g/mol. The van der Waals surface area contributed by atoms with Crippen LogP contribution in [0.3, 0.4) is 0 Å². The summed E-state index contributed by atoms with van der Waals surface area (Å²) in [6.07, 6.45) is 3.48. The molecular formula is C14H21N3O. The van der Waals surface area contributed by atoms with Crippen LogP contribution >= 0.6 is 0 Å². The third kappa shape index (κ3) is 3.13. The Morgan fingerprint density at radius 3 is 2.17 bits per heavy atom. The number of Topliss-reactive ketones (excluding diaryl/α,β-unsaturated/α-hetero) is 1. The number of carbonyl (C=O) groups is 1. The van der Waals surface area contributed by atoms with Crippen LogP contribution in [0.2, 0.25) is 0 Å². The van der Waals surface area contributed by atoms with Crippen molar-refractivity contribution in [3.8, 4) is 0 Å². The molecule has 4 heteroatoms. The van der Waals surface area contributed by atoms with E-state index in [0.717, 1.165) is 18.9 Å². The van der Waals surface area contributed by atoms with E-state index in [9.17, 15) is 4.79 Å². The molecule has 0 saturated carbocycles. The molecule has 1 aliphatic rings. The van der Waals surface area contributed by atoms with E-state index in [1.807, 2.05) is 40.9 Å². The molecule has 0 aromatic carbocycles. The van der Waals surface area contributed by atoms with Gasteiger partial charge in [-0.05, 0) is 12.2 Å². The van der Waals surface area contributed by atoms with Gasteiger partial charge in [-0.25, -0.2) is 4.85 Å². The maximum absolute atomic E-state index is 12.0. The summed E-state index contributed by atoms with van der Waals surface area (Å²) in [6, 6.07) is 0. The molecule has 1 fully saturated rings. The number of ketones is 1. The maximum Gasteiger partial charge on any atom is 0.229 e. The van der Waals surface area contributed by atoms with Gasteiger partial charge < -0.3 is 14.6 Å². The normalized spacial score (nSPS) is 16.9. The van der Waals surface area contributed by atoms with Crippen LogP contribution in [0.4, 0.5) is 0 Å². The minimum atomic E-state index is -0.512. The van der Waals surface area contributed by atoms with Crippen LogP contribution in [0, 0.1) is 12.0 Å². The van der Waals surface area contributed by atoms with Gasteiger partial charge in [0, 0.05) is 32.6 Å². The van der Waals surface area contributed by atoms with Gasteiger partial charge in [-0.3, -0.25) is 0 Å². The van der Waals surface area contributed by atoms with Gasteiger partial charge in [0.25, 0.3) is 0 Å². The molecule has 4 nitrogen and oxygen atoms in total. The lowest BCUT2D eigenvalue weighted by Crippen LogP contribution is -2.21. The minimum absolute atomic E-state index is 0.113. The molecule has 0 atom stereocenters. The number of carbonyl (C=O) groups excluding carboxylic acids is 1. The van der Waals surface area contributed by atoms with E-state index in [4.69, 9.17) is 6.57 Å². The number of likely N-dealkylation sites (N-methyl/N-ethyl adjacent to an activating group) is 2. The molecule has 98 valence electrons. The van der Waals surface area contributed by atoms with E-state index in [1.54, 1.807) is 6.08 Å². The maximum atomic E-state index is 12.0. The molecule has 18 heavy (non-hydrogen) atoms. The molecule has 0 unspecified atom stereocenters. The SMILES string of the molecule is [C-]#[N+]/C(=C\C=C1N(C)CCN1C)C(=O)C(C)(C)C. The largest absolute Gasteiger partial charge is 0.360 e. The Bertz CT molecular complexity index is 423. The molecule has 0 aliphatic carbocycles. The highest BCUT2D eigenvalue weighted by Crippen LogP contribution is 2.21. The van der Waals surface area contributed by atoms with Crippen molar-refractivity contribution in [2.45, 2.75) is 20.8 Å². The van der Waals surface area contributed by atoms with Crippen LogP contribution in [-0.2, 0) is 4.79 Å². The van der Waals surface area contributed by atoms with Gasteiger partial charge in [-0.15, -0.1) is 0 Å². The van der Waals surface area contributed by atoms with Crippen molar-refractivity contribution in [1.29, 1.82) is 0 Å². The molecule has 0 aromatic rings. The van der Waals surface area contributed by atoms with Gasteiger partial charge in [0.2, 0.25) is 5.70 Å². The molecule has 0 amide bonds. The van der Waals surface area contributed by atoms with Gasteiger partial charge in [0.15, 0.2) is 5.78 Å². The van der Waals surface area contributed by atoms with E-state index in [0.29, 0.717) is 0 Å². The number of rotatable bonds is 2. The zero-order chi connectivity index (χ0) is 13.9. The van der Waals surface area contributed by atoms with Crippen LogP contribution in [0.25, 0.3) is 4.85 Å². The Balaban J connectivity index is 2.98. The molecule has 0 spiro atoms. The smallest absolute Gasteiger partial charge is 0.229 e. The summed E-state index contributed by atoms with van der Waals surface area (Å²) >= 11 is 0. The summed E-state index contributed by atoms with van der Waals surface area (Å²) in [4.78, 5) is 19.6. The number of hydrogen-bond acceptors (Lipinski definition) is 3. The molecule has 1 rings (SSSR count). The predicted octanol–water partition coefficient (Wildman–Crippen LogP) is 2.12. The Hall–Kier alpha value is -1.76. The van der Waals surface area contributed by atoms with Crippen LogP contribution in [0.1, 0.15) is 20.8 Å². The highest BCUT2D eigenvalue weighted by atomic mass is 16.1. The molecule has 0 radical (unpaired) electrons. The fraction of sp³-hybridized carbons (Fsp3) is 0.571. The quantitative estimate of drug-likeness (QED) is 0.552. The lowest BCUT2D eigenvalue weighted by Gasteiger charge is -2.17. The first kappa shape index (κ1) is 14.3. The zero-order valence-electron chi connectivity index (χ0n) is 11.8. The first-order valence-corrected chi connectivity index (χ1v) is 6.04. The third-order valence-corrected chi connectivity index (χ3v) is 2.98. The fourth-order valence-corrected chi connectivity index (χ4v) is 1.78. The molecule has 1 aliphatic heterocycles. The zero-order valence-corrected chi connectivity index (χ0v) is 11.8. The number of hydrogen-bond donors (Lipinski definition) is 0. The predicted molar refractivity (Wildman–Crippen MR) is 72.5 cm³/mol. The van der Waals surface area contributed by atoms with Crippen LogP contribution < -0.4 is 0 Å². The van der Waals surface area contributed by atoms with E-state index >= 15 is 0 Å². The third-order valence-electron chi connectivity index (χ3n) is 2.98. The Kier molecular flexibility index (Phi) is 4.18. The van der Waals surface area contributed by atoms with Gasteiger partial charge in [-0.2, -0.15) is 0 Å². The standard InChI is InChI=1S/C14H21N3O/c1-14(2,3)13(18)11(15-4)7-8-12-16(5)9-10-17(12)6/h7-8H,9-10H2,1-3,5-6H3/b11-7-. The molecule has 1 saturated heterocycles. The van der Waals surface area contributed by atoms with Crippen molar-refractivity contribution in [2.24, 2.45) is 5.41 Å². The van der Waals surface area contributed by atoms with Crippen molar-refractivity contribution in [1.82, 2.24) is 9.80 Å². The molecule has 0 N–H and O–H groups in total. The second-order valence-corrected chi connectivity index (χ2v) is 5.61. The van der Waals surface area contributed by atoms with E-state index < -0.39 is 5.41 Å². The second-order valence-electron chi connectivity index (χ2n) is 5.61. The molecule has 1 heterocycles. The van der Waals surface area contributed by atoms with Gasteiger partial charge in [0.1, 0.15) is 5.82 Å². The summed E-state index contributed by atoms with van der Waals surface area (Å²) < 4.78 is 0. The van der Waals surface area contributed by atoms with Crippen molar-refractivity contribution < 1.29 is 4.79 Å². The van der Waals surface area contributed by atoms with Crippen LogP contribution in [0.5, 0.6) is 0 Å². The van der Waals surface area contributed by atoms with Crippen molar-refractivity contribution in [3.63, 3.8) is 0 Å². The fourth-order valence-electron chi connectivity index (χ4n) is 1.78. The van der Waals surface area contributed by atoms with Gasteiger partial charge in [0.05, 0.1) is 6.57 Å². The second kappa shape index (κ2) is 5.26. The van der Waals surface area contributed by atoms with Gasteiger partial charge in [-0.1, -0.05) is 20.8 Å². The minimum Gasteiger partial charge on any atom is -0.360 e. The van der Waals surface area contributed by atoms with Gasteiger partial charge >= 0.3 is 0 Å². The lowest BCUT2D eigenvalue weighted by atomic mass is 9.89. The Labute approximate surface area is 109 Å². The van der Waals surface area contributed by atoms with Crippen LogP contribution in [-0.4, -0.2) is 42.8 Å². The lowest BCUT2D eigenvalue weighted by molar-refractivity contribution is -0.122. The van der Waals surface area contributed by atoms with E-state index in [2.05, 4.69) is 14.6 Å². The Morgan fingerprint density at radius 2 is 1.78 bits per heavy atom. The molecule has 0 bridgehead atoms. The Morgan fingerprint density at radius 1 is 1.28 bits per heavy atom.